The monoisotopic (exact) mass is 257 g/mol. The van der Waals surface area contributed by atoms with Gasteiger partial charge in [0, 0.05) is 18.1 Å². The molecule has 13 heavy (non-hydrogen) atoms. The van der Waals surface area contributed by atoms with Crippen molar-refractivity contribution in [1.29, 1.82) is 0 Å². The van der Waals surface area contributed by atoms with Crippen molar-refractivity contribution in [2.45, 2.75) is 5.75 Å². The zero-order valence-corrected chi connectivity index (χ0v) is 9.47. The van der Waals surface area contributed by atoms with E-state index >= 15 is 0 Å². The SMILES string of the molecule is CSCc1nc2ncccn2c1Br. The Kier molecular flexibility index (Phi) is 2.55. The molecule has 0 N–H and O–H groups in total. The van der Waals surface area contributed by atoms with Crippen LogP contribution < -0.4 is 0 Å². The number of fused-ring (bicyclic) bond motifs is 1. The number of rotatable bonds is 2. The zero-order valence-electron chi connectivity index (χ0n) is 7.07. The second-order valence-electron chi connectivity index (χ2n) is 2.57. The largest absolute Gasteiger partial charge is 0.278 e. The molecule has 2 aromatic heterocycles. The first-order chi connectivity index (χ1) is 6.33. The molecule has 0 aliphatic rings. The first-order valence-electron chi connectivity index (χ1n) is 3.79. The summed E-state index contributed by atoms with van der Waals surface area (Å²) in [6, 6.07) is 1.89. The van der Waals surface area contributed by atoms with Gasteiger partial charge in [-0.25, -0.2) is 9.97 Å². The Balaban J connectivity index is 2.60. The number of aromatic nitrogens is 3. The van der Waals surface area contributed by atoms with Crippen molar-refractivity contribution in [2.24, 2.45) is 0 Å². The van der Waals surface area contributed by atoms with Gasteiger partial charge in [0.2, 0.25) is 5.78 Å². The van der Waals surface area contributed by atoms with Crippen LogP contribution in [0.15, 0.2) is 23.1 Å². The Morgan fingerprint density at radius 2 is 2.46 bits per heavy atom. The average molecular weight is 258 g/mol. The predicted molar refractivity (Wildman–Crippen MR) is 57.9 cm³/mol. The van der Waals surface area contributed by atoms with Gasteiger partial charge in [-0.1, -0.05) is 0 Å². The third kappa shape index (κ3) is 1.58. The smallest absolute Gasteiger partial charge is 0.234 e. The van der Waals surface area contributed by atoms with Crippen molar-refractivity contribution in [1.82, 2.24) is 14.4 Å². The molecule has 0 bridgehead atoms. The molecule has 2 rings (SSSR count). The lowest BCUT2D eigenvalue weighted by Crippen LogP contribution is -1.85. The summed E-state index contributed by atoms with van der Waals surface area (Å²) >= 11 is 5.25. The van der Waals surface area contributed by atoms with E-state index in [9.17, 15) is 0 Å². The van der Waals surface area contributed by atoms with Crippen LogP contribution in [0.1, 0.15) is 5.69 Å². The highest BCUT2D eigenvalue weighted by atomic mass is 79.9. The van der Waals surface area contributed by atoms with Crippen LogP contribution in [-0.2, 0) is 5.75 Å². The lowest BCUT2D eigenvalue weighted by atomic mass is 10.6. The van der Waals surface area contributed by atoms with Gasteiger partial charge in [0.1, 0.15) is 4.60 Å². The Hall–Kier alpha value is -0.550. The third-order valence-electron chi connectivity index (χ3n) is 1.69. The van der Waals surface area contributed by atoms with Crippen LogP contribution in [-0.4, -0.2) is 20.6 Å². The van der Waals surface area contributed by atoms with Gasteiger partial charge in [0.05, 0.1) is 5.69 Å². The number of thioether (sulfide) groups is 1. The molecule has 0 radical (unpaired) electrons. The van der Waals surface area contributed by atoms with E-state index in [1.807, 2.05) is 16.7 Å². The number of nitrogens with zero attached hydrogens (tertiary/aromatic N) is 3. The van der Waals surface area contributed by atoms with Gasteiger partial charge < -0.3 is 0 Å². The minimum atomic E-state index is 0.749. The van der Waals surface area contributed by atoms with Crippen LogP contribution in [0.3, 0.4) is 0 Å². The average Bonchev–Trinajstić information content (AvgIpc) is 2.46. The summed E-state index contributed by atoms with van der Waals surface area (Å²) in [5.41, 5.74) is 1.05. The number of halogens is 1. The van der Waals surface area contributed by atoms with Crippen molar-refractivity contribution in [3.05, 3.63) is 28.8 Å². The van der Waals surface area contributed by atoms with Gasteiger partial charge in [-0.15, -0.1) is 0 Å². The molecule has 68 valence electrons. The Labute approximate surface area is 88.7 Å². The minimum absolute atomic E-state index is 0.749. The maximum Gasteiger partial charge on any atom is 0.234 e. The third-order valence-corrected chi connectivity index (χ3v) is 3.09. The van der Waals surface area contributed by atoms with E-state index in [1.54, 1.807) is 18.0 Å². The van der Waals surface area contributed by atoms with Crippen LogP contribution >= 0.6 is 27.7 Å². The van der Waals surface area contributed by atoms with E-state index in [0.29, 0.717) is 0 Å². The van der Waals surface area contributed by atoms with Crippen LogP contribution in [0, 0.1) is 0 Å². The molecular formula is C8H8BrN3S. The van der Waals surface area contributed by atoms with Crippen molar-refractivity contribution < 1.29 is 0 Å². The normalized spacial score (nSPS) is 10.9. The first kappa shape index (κ1) is 9.02. The molecule has 2 heterocycles. The highest BCUT2D eigenvalue weighted by molar-refractivity contribution is 9.10. The van der Waals surface area contributed by atoms with Crippen LogP contribution in [0.5, 0.6) is 0 Å². The summed E-state index contributed by atoms with van der Waals surface area (Å²) in [7, 11) is 0. The molecule has 0 aliphatic carbocycles. The van der Waals surface area contributed by atoms with Gasteiger partial charge in [0.25, 0.3) is 0 Å². The minimum Gasteiger partial charge on any atom is -0.278 e. The predicted octanol–water partition coefficient (Wildman–Crippen LogP) is 2.35. The van der Waals surface area contributed by atoms with Gasteiger partial charge >= 0.3 is 0 Å². The molecule has 2 aromatic rings. The van der Waals surface area contributed by atoms with E-state index in [1.165, 1.54) is 0 Å². The standard InChI is InChI=1S/C8H8BrN3S/c1-13-5-6-7(9)12-4-2-3-10-8(12)11-6/h2-4H,5H2,1H3. The van der Waals surface area contributed by atoms with Gasteiger partial charge in [0.15, 0.2) is 0 Å². The van der Waals surface area contributed by atoms with Crippen LogP contribution in [0.4, 0.5) is 0 Å². The van der Waals surface area contributed by atoms with Crippen LogP contribution in [0.2, 0.25) is 0 Å². The summed E-state index contributed by atoms with van der Waals surface area (Å²) in [4.78, 5) is 8.54. The fourth-order valence-corrected chi connectivity index (χ4v) is 2.30. The van der Waals surface area contributed by atoms with E-state index in [2.05, 4.69) is 32.2 Å². The number of imidazole rings is 1. The van der Waals surface area contributed by atoms with E-state index in [-0.39, 0.29) is 0 Å². The summed E-state index contributed by atoms with van der Waals surface area (Å²) in [6.45, 7) is 0. The molecule has 0 unspecified atom stereocenters. The van der Waals surface area contributed by atoms with Crippen molar-refractivity contribution in [2.75, 3.05) is 6.26 Å². The molecule has 0 aromatic carbocycles. The topological polar surface area (TPSA) is 30.2 Å². The molecule has 3 nitrogen and oxygen atoms in total. The quantitative estimate of drug-likeness (QED) is 0.828. The van der Waals surface area contributed by atoms with E-state index in [0.717, 1.165) is 21.8 Å². The fourth-order valence-electron chi connectivity index (χ4n) is 1.13. The fraction of sp³-hybridized carbons (Fsp3) is 0.250. The van der Waals surface area contributed by atoms with E-state index in [4.69, 9.17) is 0 Å². The Bertz CT molecular complexity index is 426. The second kappa shape index (κ2) is 3.67. The van der Waals surface area contributed by atoms with Crippen LogP contribution in [0.25, 0.3) is 5.78 Å². The molecule has 0 amide bonds. The summed E-state index contributed by atoms with van der Waals surface area (Å²) in [6.07, 6.45) is 5.75. The molecular weight excluding hydrogens is 250 g/mol. The molecule has 0 aliphatic heterocycles. The van der Waals surface area contributed by atoms with Gasteiger partial charge in [-0.3, -0.25) is 4.40 Å². The molecule has 0 atom stereocenters. The Morgan fingerprint density at radius 3 is 3.15 bits per heavy atom. The molecule has 0 fully saturated rings. The number of hydrogen-bond donors (Lipinski definition) is 0. The van der Waals surface area contributed by atoms with Gasteiger partial charge in [-0.2, -0.15) is 11.8 Å². The van der Waals surface area contributed by atoms with Crippen molar-refractivity contribution in [3.63, 3.8) is 0 Å². The second-order valence-corrected chi connectivity index (χ2v) is 4.19. The number of hydrogen-bond acceptors (Lipinski definition) is 3. The molecule has 0 spiro atoms. The summed E-state index contributed by atoms with van der Waals surface area (Å²) < 4.78 is 2.94. The zero-order chi connectivity index (χ0) is 9.26. The lowest BCUT2D eigenvalue weighted by Gasteiger charge is -1.92. The lowest BCUT2D eigenvalue weighted by molar-refractivity contribution is 1.09. The molecule has 0 saturated carbocycles. The highest BCUT2D eigenvalue weighted by Gasteiger charge is 2.08. The first-order valence-corrected chi connectivity index (χ1v) is 5.98. The van der Waals surface area contributed by atoms with E-state index < -0.39 is 0 Å². The Morgan fingerprint density at radius 1 is 1.62 bits per heavy atom. The maximum absolute atomic E-state index is 4.39. The van der Waals surface area contributed by atoms with Crippen molar-refractivity contribution in [3.8, 4) is 0 Å². The highest BCUT2D eigenvalue weighted by Crippen LogP contribution is 2.20. The maximum atomic E-state index is 4.39. The molecule has 0 saturated heterocycles. The van der Waals surface area contributed by atoms with Crippen molar-refractivity contribution >= 4 is 33.5 Å². The van der Waals surface area contributed by atoms with Gasteiger partial charge in [-0.05, 0) is 28.3 Å². The molecule has 5 heteroatoms. The summed E-state index contributed by atoms with van der Waals surface area (Å²) in [5.74, 6) is 1.66. The summed E-state index contributed by atoms with van der Waals surface area (Å²) in [5, 5.41) is 0.